The largest absolute Gasteiger partial charge is 0.490 e. The molecule has 0 bridgehead atoms. The van der Waals surface area contributed by atoms with Gasteiger partial charge in [-0.2, -0.15) is 4.98 Å². The van der Waals surface area contributed by atoms with Crippen LogP contribution in [0.1, 0.15) is 43.7 Å². The van der Waals surface area contributed by atoms with Crippen LogP contribution in [0.4, 0.5) is 0 Å². The first-order valence-electron chi connectivity index (χ1n) is 12.3. The van der Waals surface area contributed by atoms with Crippen LogP contribution in [0, 0.1) is 12.8 Å². The van der Waals surface area contributed by atoms with Crippen LogP contribution in [0.15, 0.2) is 47.0 Å². The number of aromatic nitrogens is 2. The number of nitrogens with one attached hydrogen (secondary N) is 1. The summed E-state index contributed by atoms with van der Waals surface area (Å²) in [6.45, 7) is 9.61. The van der Waals surface area contributed by atoms with Gasteiger partial charge in [0, 0.05) is 18.7 Å². The van der Waals surface area contributed by atoms with Crippen molar-refractivity contribution in [3.8, 4) is 22.9 Å². The van der Waals surface area contributed by atoms with Gasteiger partial charge in [-0.15, -0.1) is 0 Å². The van der Waals surface area contributed by atoms with Crippen LogP contribution in [0.2, 0.25) is 0 Å². The molecule has 1 unspecified atom stereocenters. The predicted molar refractivity (Wildman–Crippen MR) is 133 cm³/mol. The van der Waals surface area contributed by atoms with Gasteiger partial charge in [-0.05, 0) is 63.4 Å². The topological polar surface area (TPSA) is 89.7 Å². The highest BCUT2D eigenvalue weighted by molar-refractivity contribution is 5.79. The van der Waals surface area contributed by atoms with E-state index in [0.717, 1.165) is 41.8 Å². The van der Waals surface area contributed by atoms with Gasteiger partial charge in [0.1, 0.15) is 0 Å². The van der Waals surface area contributed by atoms with Gasteiger partial charge in [-0.3, -0.25) is 9.69 Å². The fourth-order valence-corrected chi connectivity index (χ4v) is 4.40. The highest BCUT2D eigenvalue weighted by Gasteiger charge is 2.27. The number of carbonyl (C=O) groups is 1. The van der Waals surface area contributed by atoms with Gasteiger partial charge in [0.05, 0.1) is 25.7 Å². The van der Waals surface area contributed by atoms with E-state index >= 15 is 0 Å². The van der Waals surface area contributed by atoms with Crippen molar-refractivity contribution in [2.75, 3.05) is 26.3 Å². The third-order valence-corrected chi connectivity index (χ3v) is 6.16. The molecular weight excluding hydrogens is 444 g/mol. The molecule has 1 fully saturated rings. The molecule has 1 atom stereocenters. The molecule has 1 aliphatic rings. The number of carbonyl (C=O) groups excluding carboxylic acids is 1. The molecule has 2 aromatic carbocycles. The second kappa shape index (κ2) is 11.8. The van der Waals surface area contributed by atoms with Gasteiger partial charge in [0.2, 0.25) is 17.6 Å². The van der Waals surface area contributed by atoms with Crippen LogP contribution in [-0.4, -0.2) is 47.3 Å². The zero-order chi connectivity index (χ0) is 24.6. The number of ether oxygens (including phenoxy) is 2. The zero-order valence-corrected chi connectivity index (χ0v) is 20.8. The van der Waals surface area contributed by atoms with Crippen LogP contribution in [-0.2, 0) is 17.9 Å². The van der Waals surface area contributed by atoms with Crippen LogP contribution in [0.25, 0.3) is 11.4 Å². The third-order valence-electron chi connectivity index (χ3n) is 6.16. The van der Waals surface area contributed by atoms with Crippen molar-refractivity contribution in [2.45, 2.75) is 46.7 Å². The summed E-state index contributed by atoms with van der Waals surface area (Å²) in [4.78, 5) is 19.7. The number of hydrogen-bond donors (Lipinski definition) is 1. The minimum absolute atomic E-state index is 0.0627. The highest BCUT2D eigenvalue weighted by atomic mass is 16.5. The van der Waals surface area contributed by atoms with Gasteiger partial charge < -0.3 is 19.3 Å². The summed E-state index contributed by atoms with van der Waals surface area (Å²) in [5, 5.41) is 7.25. The van der Waals surface area contributed by atoms with E-state index in [-0.39, 0.29) is 11.8 Å². The predicted octanol–water partition coefficient (Wildman–Crippen LogP) is 4.37. The molecule has 0 saturated carbocycles. The molecule has 1 N–H and O–H groups in total. The molecule has 1 aliphatic heterocycles. The Morgan fingerprint density at radius 1 is 1.14 bits per heavy atom. The quantitative estimate of drug-likeness (QED) is 0.463. The number of likely N-dealkylation sites (tertiary alicyclic amines) is 1. The number of hydrogen-bond acceptors (Lipinski definition) is 7. The SMILES string of the molecule is CCOc1ccc(CNC(=O)C2CCCN(Cc3nc(-c4ccccc4C)no3)C2)cc1OCC. The minimum Gasteiger partial charge on any atom is -0.490 e. The van der Waals surface area contributed by atoms with Gasteiger partial charge in [-0.1, -0.05) is 35.5 Å². The van der Waals surface area contributed by atoms with E-state index in [0.29, 0.717) is 50.3 Å². The fraction of sp³-hybridized carbons (Fsp3) is 0.444. The monoisotopic (exact) mass is 478 g/mol. The third kappa shape index (κ3) is 6.39. The van der Waals surface area contributed by atoms with Gasteiger partial charge in [0.25, 0.3) is 0 Å². The Balaban J connectivity index is 1.32. The van der Waals surface area contributed by atoms with Crippen molar-refractivity contribution in [2.24, 2.45) is 5.92 Å². The maximum atomic E-state index is 12.9. The molecule has 4 rings (SSSR count). The van der Waals surface area contributed by atoms with Crippen molar-refractivity contribution in [3.63, 3.8) is 0 Å². The number of aryl methyl sites for hydroxylation is 1. The molecular formula is C27H34N4O4. The van der Waals surface area contributed by atoms with E-state index in [2.05, 4.69) is 20.4 Å². The van der Waals surface area contributed by atoms with Crippen LogP contribution >= 0.6 is 0 Å². The smallest absolute Gasteiger partial charge is 0.241 e. The van der Waals surface area contributed by atoms with E-state index < -0.39 is 0 Å². The Kier molecular flexibility index (Phi) is 8.36. The van der Waals surface area contributed by atoms with Gasteiger partial charge in [-0.25, -0.2) is 0 Å². The molecule has 8 nitrogen and oxygen atoms in total. The zero-order valence-electron chi connectivity index (χ0n) is 20.8. The normalized spacial score (nSPS) is 16.1. The number of benzene rings is 2. The molecule has 2 heterocycles. The second-order valence-electron chi connectivity index (χ2n) is 8.77. The van der Waals surface area contributed by atoms with Crippen LogP contribution < -0.4 is 14.8 Å². The first-order chi connectivity index (χ1) is 17.1. The summed E-state index contributed by atoms with van der Waals surface area (Å²) in [7, 11) is 0. The lowest BCUT2D eigenvalue weighted by atomic mass is 9.97. The van der Waals surface area contributed by atoms with Gasteiger partial charge >= 0.3 is 0 Å². The van der Waals surface area contributed by atoms with E-state index in [4.69, 9.17) is 14.0 Å². The Bertz CT molecular complexity index is 1130. The average Bonchev–Trinajstić information content (AvgIpc) is 3.32. The first-order valence-corrected chi connectivity index (χ1v) is 12.3. The Morgan fingerprint density at radius 2 is 1.94 bits per heavy atom. The lowest BCUT2D eigenvalue weighted by molar-refractivity contribution is -0.127. The molecule has 0 aliphatic carbocycles. The highest BCUT2D eigenvalue weighted by Crippen LogP contribution is 2.29. The van der Waals surface area contributed by atoms with E-state index in [1.165, 1.54) is 0 Å². The Hall–Kier alpha value is -3.39. The molecule has 1 aromatic heterocycles. The minimum atomic E-state index is -0.0726. The van der Waals surface area contributed by atoms with Gasteiger partial charge in [0.15, 0.2) is 11.5 Å². The molecule has 35 heavy (non-hydrogen) atoms. The molecule has 8 heteroatoms. The summed E-state index contributed by atoms with van der Waals surface area (Å²) in [5.41, 5.74) is 3.06. The maximum absolute atomic E-state index is 12.9. The second-order valence-corrected chi connectivity index (χ2v) is 8.77. The van der Waals surface area contributed by atoms with Crippen LogP contribution in [0.5, 0.6) is 11.5 Å². The van der Waals surface area contributed by atoms with Crippen molar-refractivity contribution in [1.29, 1.82) is 0 Å². The molecule has 1 amide bonds. The Morgan fingerprint density at radius 3 is 2.74 bits per heavy atom. The summed E-state index contributed by atoms with van der Waals surface area (Å²) >= 11 is 0. The van der Waals surface area contributed by atoms with Crippen molar-refractivity contribution >= 4 is 5.91 Å². The summed E-state index contributed by atoms with van der Waals surface area (Å²) in [6.07, 6.45) is 1.82. The van der Waals surface area contributed by atoms with Crippen molar-refractivity contribution in [3.05, 3.63) is 59.5 Å². The first kappa shape index (κ1) is 24.7. The summed E-state index contributed by atoms with van der Waals surface area (Å²) < 4.78 is 16.8. The maximum Gasteiger partial charge on any atom is 0.241 e. The number of nitrogens with zero attached hydrogens (tertiary/aromatic N) is 3. The summed E-state index contributed by atoms with van der Waals surface area (Å²) in [6, 6.07) is 13.8. The molecule has 0 spiro atoms. The number of rotatable bonds is 10. The van der Waals surface area contributed by atoms with Crippen LogP contribution in [0.3, 0.4) is 0 Å². The van der Waals surface area contributed by atoms with E-state index in [1.807, 2.05) is 63.2 Å². The lowest BCUT2D eigenvalue weighted by Gasteiger charge is -2.30. The molecule has 186 valence electrons. The number of amides is 1. The van der Waals surface area contributed by atoms with E-state index in [1.54, 1.807) is 0 Å². The van der Waals surface area contributed by atoms with Crippen molar-refractivity contribution < 1.29 is 18.8 Å². The van der Waals surface area contributed by atoms with E-state index in [9.17, 15) is 4.79 Å². The fourth-order valence-electron chi connectivity index (χ4n) is 4.40. The molecule has 3 aromatic rings. The Labute approximate surface area is 206 Å². The number of piperidine rings is 1. The average molecular weight is 479 g/mol. The van der Waals surface area contributed by atoms with Crippen molar-refractivity contribution in [1.82, 2.24) is 20.4 Å². The molecule has 1 saturated heterocycles. The lowest BCUT2D eigenvalue weighted by Crippen LogP contribution is -2.42. The summed E-state index contributed by atoms with van der Waals surface area (Å²) in [5.74, 6) is 2.59. The standard InChI is InChI=1S/C27H34N4O4/c1-4-33-23-13-12-20(15-24(23)34-5-2)16-28-27(32)21-10-8-14-31(17-21)18-25-29-26(30-35-25)22-11-7-6-9-19(22)3/h6-7,9,11-13,15,21H,4-5,8,10,14,16-18H2,1-3H3,(H,28,32). The molecule has 0 radical (unpaired) electrons.